The first-order valence-corrected chi connectivity index (χ1v) is 9.56. The van der Waals surface area contributed by atoms with Crippen LogP contribution in [0.3, 0.4) is 0 Å². The van der Waals surface area contributed by atoms with E-state index in [1.807, 2.05) is 26.0 Å². The zero-order valence-corrected chi connectivity index (χ0v) is 16.9. The number of nitrogens with one attached hydrogen (secondary N) is 2. The molecule has 0 bridgehead atoms. The number of anilines is 2. The number of hydrogen-bond acceptors (Lipinski definition) is 3. The maximum atomic E-state index is 13.7. The van der Waals surface area contributed by atoms with Gasteiger partial charge in [-0.1, -0.05) is 23.8 Å². The number of rotatable bonds is 4. The van der Waals surface area contributed by atoms with E-state index < -0.39 is 17.7 Å². The molecule has 5 nitrogen and oxygen atoms in total. The predicted octanol–water partition coefficient (Wildman–Crippen LogP) is 6.55. The smallest absolute Gasteiger partial charge is 0.323 e. The number of halogens is 2. The molecule has 2 amide bonds. The van der Waals surface area contributed by atoms with Crippen LogP contribution in [-0.4, -0.2) is 11.0 Å². The van der Waals surface area contributed by atoms with Crippen LogP contribution in [0.1, 0.15) is 11.1 Å². The van der Waals surface area contributed by atoms with Gasteiger partial charge in [0.15, 0.2) is 0 Å². The van der Waals surface area contributed by atoms with E-state index in [0.717, 1.165) is 40.6 Å². The number of carbonyl (C=O) groups is 1. The Hall–Kier alpha value is -4.00. The Labute approximate surface area is 177 Å². The van der Waals surface area contributed by atoms with E-state index >= 15 is 0 Å². The first-order valence-electron chi connectivity index (χ1n) is 9.56. The molecule has 156 valence electrons. The largest absolute Gasteiger partial charge is 0.444 e. The summed E-state index contributed by atoms with van der Waals surface area (Å²) in [4.78, 5) is 16.6. The molecule has 0 saturated heterocycles. The van der Waals surface area contributed by atoms with Crippen LogP contribution < -0.4 is 10.6 Å². The zero-order chi connectivity index (χ0) is 22.0. The van der Waals surface area contributed by atoms with Crippen LogP contribution in [0.15, 0.2) is 71.3 Å². The molecule has 3 aromatic carbocycles. The predicted molar refractivity (Wildman–Crippen MR) is 116 cm³/mol. The summed E-state index contributed by atoms with van der Waals surface area (Å²) in [6.45, 7) is 4.06. The van der Waals surface area contributed by atoms with Crippen molar-refractivity contribution in [3.63, 3.8) is 0 Å². The highest BCUT2D eigenvalue weighted by molar-refractivity contribution is 5.99. The minimum atomic E-state index is -0.726. The summed E-state index contributed by atoms with van der Waals surface area (Å²) in [6, 6.07) is 15.1. The van der Waals surface area contributed by atoms with Crippen LogP contribution in [0.25, 0.3) is 22.7 Å². The standard InChI is InChI=1S/C24H19F2N3O2/c1-14-3-9-19(15(2)11-14)22-13-31-23(28-22)16-4-7-18(8-5-16)27-24(30)29-21-12-17(25)6-10-20(21)26/h3-13H,1-2H3,(H2,27,29,30). The highest BCUT2D eigenvalue weighted by atomic mass is 19.1. The molecule has 0 radical (unpaired) electrons. The first kappa shape index (κ1) is 20.3. The Morgan fingerprint density at radius 2 is 1.71 bits per heavy atom. The van der Waals surface area contributed by atoms with Gasteiger partial charge in [0, 0.05) is 22.9 Å². The van der Waals surface area contributed by atoms with Crippen LogP contribution >= 0.6 is 0 Å². The Morgan fingerprint density at radius 3 is 2.45 bits per heavy atom. The molecule has 0 fully saturated rings. The molecule has 1 aromatic heterocycles. The van der Waals surface area contributed by atoms with Crippen molar-refractivity contribution in [3.8, 4) is 22.7 Å². The lowest BCUT2D eigenvalue weighted by Gasteiger charge is -2.09. The third-order valence-corrected chi connectivity index (χ3v) is 4.73. The molecule has 0 unspecified atom stereocenters. The van der Waals surface area contributed by atoms with Gasteiger partial charge < -0.3 is 15.1 Å². The molecule has 0 aliphatic carbocycles. The summed E-state index contributed by atoms with van der Waals surface area (Å²) in [5.41, 5.74) is 4.99. The second-order valence-corrected chi connectivity index (χ2v) is 7.14. The van der Waals surface area contributed by atoms with Crippen LogP contribution in [0.2, 0.25) is 0 Å². The fourth-order valence-corrected chi connectivity index (χ4v) is 3.21. The van der Waals surface area contributed by atoms with Gasteiger partial charge in [0.05, 0.1) is 5.69 Å². The molecule has 4 aromatic rings. The second-order valence-electron chi connectivity index (χ2n) is 7.14. The van der Waals surface area contributed by atoms with Gasteiger partial charge >= 0.3 is 6.03 Å². The van der Waals surface area contributed by atoms with E-state index in [-0.39, 0.29) is 5.69 Å². The summed E-state index contributed by atoms with van der Waals surface area (Å²) in [5, 5.41) is 4.85. The van der Waals surface area contributed by atoms with Crippen molar-refractivity contribution >= 4 is 17.4 Å². The molecule has 0 spiro atoms. The van der Waals surface area contributed by atoms with Crippen molar-refractivity contribution in [1.82, 2.24) is 4.98 Å². The second kappa shape index (κ2) is 8.39. The minimum Gasteiger partial charge on any atom is -0.444 e. The van der Waals surface area contributed by atoms with Gasteiger partial charge in [-0.15, -0.1) is 0 Å². The van der Waals surface area contributed by atoms with E-state index in [4.69, 9.17) is 4.42 Å². The number of urea groups is 1. The fourth-order valence-electron chi connectivity index (χ4n) is 3.21. The highest BCUT2D eigenvalue weighted by Gasteiger charge is 2.12. The van der Waals surface area contributed by atoms with E-state index in [1.165, 1.54) is 5.56 Å². The van der Waals surface area contributed by atoms with Gasteiger partial charge in [0.25, 0.3) is 0 Å². The van der Waals surface area contributed by atoms with Crippen molar-refractivity contribution < 1.29 is 18.0 Å². The van der Waals surface area contributed by atoms with E-state index in [9.17, 15) is 13.6 Å². The summed E-state index contributed by atoms with van der Waals surface area (Å²) >= 11 is 0. The van der Waals surface area contributed by atoms with Gasteiger partial charge in [0.1, 0.15) is 23.6 Å². The van der Waals surface area contributed by atoms with Crippen LogP contribution in [0, 0.1) is 25.5 Å². The van der Waals surface area contributed by atoms with Gasteiger partial charge in [-0.3, -0.25) is 0 Å². The molecule has 0 atom stereocenters. The molecule has 0 aliphatic heterocycles. The molecule has 4 rings (SSSR count). The number of aromatic nitrogens is 1. The number of aryl methyl sites for hydroxylation is 2. The average Bonchev–Trinajstić information content (AvgIpc) is 3.21. The summed E-state index contributed by atoms with van der Waals surface area (Å²) in [5.74, 6) is -0.921. The highest BCUT2D eigenvalue weighted by Crippen LogP contribution is 2.28. The number of oxazole rings is 1. The topological polar surface area (TPSA) is 67.2 Å². The normalized spacial score (nSPS) is 10.7. The molecule has 0 saturated carbocycles. The minimum absolute atomic E-state index is 0.243. The monoisotopic (exact) mass is 419 g/mol. The lowest BCUT2D eigenvalue weighted by Crippen LogP contribution is -2.20. The van der Waals surface area contributed by atoms with Crippen molar-refractivity contribution in [2.24, 2.45) is 0 Å². The molecule has 2 N–H and O–H groups in total. The van der Waals surface area contributed by atoms with Gasteiger partial charge in [-0.25, -0.2) is 18.6 Å². The molecular formula is C24H19F2N3O2. The maximum absolute atomic E-state index is 13.7. The third kappa shape index (κ3) is 4.61. The number of amides is 2. The first-order chi connectivity index (χ1) is 14.9. The quantitative estimate of drug-likeness (QED) is 0.394. The summed E-state index contributed by atoms with van der Waals surface area (Å²) in [6.07, 6.45) is 1.61. The zero-order valence-electron chi connectivity index (χ0n) is 16.9. The SMILES string of the molecule is Cc1ccc(-c2coc(-c3ccc(NC(=O)Nc4cc(F)ccc4F)cc3)n2)c(C)c1. The maximum Gasteiger partial charge on any atom is 0.323 e. The molecule has 7 heteroatoms. The molecule has 1 heterocycles. The van der Waals surface area contributed by atoms with Gasteiger partial charge in [-0.2, -0.15) is 0 Å². The Balaban J connectivity index is 1.45. The number of nitrogens with zero attached hydrogens (tertiary/aromatic N) is 1. The third-order valence-electron chi connectivity index (χ3n) is 4.73. The average molecular weight is 419 g/mol. The van der Waals surface area contributed by atoms with Crippen LogP contribution in [0.5, 0.6) is 0 Å². The fraction of sp³-hybridized carbons (Fsp3) is 0.0833. The molecule has 31 heavy (non-hydrogen) atoms. The van der Waals surface area contributed by atoms with E-state index in [0.29, 0.717) is 11.6 Å². The number of hydrogen-bond donors (Lipinski definition) is 2. The molecule has 0 aliphatic rings. The van der Waals surface area contributed by atoms with Gasteiger partial charge in [-0.05, 0) is 55.8 Å². The van der Waals surface area contributed by atoms with Gasteiger partial charge in [0.2, 0.25) is 5.89 Å². The lowest BCUT2D eigenvalue weighted by molar-refractivity contribution is 0.262. The lowest BCUT2D eigenvalue weighted by atomic mass is 10.0. The van der Waals surface area contributed by atoms with Crippen LogP contribution in [-0.2, 0) is 0 Å². The summed E-state index contributed by atoms with van der Waals surface area (Å²) in [7, 11) is 0. The number of carbonyl (C=O) groups excluding carboxylic acids is 1. The Morgan fingerprint density at radius 1 is 0.935 bits per heavy atom. The van der Waals surface area contributed by atoms with E-state index in [1.54, 1.807) is 30.5 Å². The van der Waals surface area contributed by atoms with Crippen molar-refractivity contribution in [2.75, 3.05) is 10.6 Å². The number of benzene rings is 3. The summed E-state index contributed by atoms with van der Waals surface area (Å²) < 4.78 is 32.5. The molecular weight excluding hydrogens is 400 g/mol. The van der Waals surface area contributed by atoms with Crippen molar-refractivity contribution in [1.29, 1.82) is 0 Å². The van der Waals surface area contributed by atoms with Crippen LogP contribution in [0.4, 0.5) is 25.0 Å². The van der Waals surface area contributed by atoms with E-state index in [2.05, 4.69) is 21.7 Å². The van der Waals surface area contributed by atoms with Crippen molar-refractivity contribution in [3.05, 3.63) is 89.7 Å². The Kier molecular flexibility index (Phi) is 5.49. The Bertz CT molecular complexity index is 1250. The van der Waals surface area contributed by atoms with Crippen molar-refractivity contribution in [2.45, 2.75) is 13.8 Å².